The lowest BCUT2D eigenvalue weighted by atomic mass is 9.76. The van der Waals surface area contributed by atoms with Gasteiger partial charge in [0.1, 0.15) is 5.69 Å². The van der Waals surface area contributed by atoms with Crippen LogP contribution in [0.2, 0.25) is 0 Å². The Morgan fingerprint density at radius 1 is 1.40 bits per heavy atom. The quantitative estimate of drug-likeness (QED) is 0.929. The average Bonchev–Trinajstić information content (AvgIpc) is 3.08. The predicted octanol–water partition coefficient (Wildman–Crippen LogP) is 2.33. The van der Waals surface area contributed by atoms with Gasteiger partial charge in [-0.2, -0.15) is 4.98 Å². The van der Waals surface area contributed by atoms with Crippen LogP contribution in [0.25, 0.3) is 11.5 Å². The normalized spacial score (nSPS) is 22.6. The lowest BCUT2D eigenvalue weighted by Gasteiger charge is -2.27. The Balaban J connectivity index is 1.97. The van der Waals surface area contributed by atoms with E-state index in [1.807, 2.05) is 19.1 Å². The Morgan fingerprint density at radius 3 is 2.90 bits per heavy atom. The monoisotopic (exact) mass is 272 g/mol. The molecule has 5 heteroatoms. The summed E-state index contributed by atoms with van der Waals surface area (Å²) in [5, 5.41) is 7.53. The molecule has 0 aromatic carbocycles. The maximum absolute atomic E-state index is 5.57. The Hall–Kier alpha value is -1.75. The van der Waals surface area contributed by atoms with Crippen LogP contribution < -0.4 is 5.32 Å². The number of rotatable bonds is 3. The molecule has 1 aliphatic rings. The number of aromatic nitrogens is 3. The minimum absolute atomic E-state index is 0.0466. The van der Waals surface area contributed by atoms with E-state index in [9.17, 15) is 0 Å². The summed E-state index contributed by atoms with van der Waals surface area (Å²) in [7, 11) is 0. The second-order valence-electron chi connectivity index (χ2n) is 5.88. The number of hydrogen-bond acceptors (Lipinski definition) is 5. The highest BCUT2D eigenvalue weighted by Gasteiger charge is 2.43. The van der Waals surface area contributed by atoms with Crippen LogP contribution in [0.5, 0.6) is 0 Å². The van der Waals surface area contributed by atoms with Crippen molar-refractivity contribution in [3.05, 3.63) is 29.8 Å². The van der Waals surface area contributed by atoms with Gasteiger partial charge < -0.3 is 9.84 Å². The fraction of sp³-hybridized carbons (Fsp3) is 0.533. The molecule has 0 saturated carbocycles. The van der Waals surface area contributed by atoms with Crippen molar-refractivity contribution < 1.29 is 4.52 Å². The van der Waals surface area contributed by atoms with Crippen LogP contribution in [0.1, 0.15) is 31.7 Å². The number of nitrogens with zero attached hydrogens (tertiary/aromatic N) is 3. The summed E-state index contributed by atoms with van der Waals surface area (Å²) in [4.78, 5) is 8.93. The van der Waals surface area contributed by atoms with Gasteiger partial charge in [-0.3, -0.25) is 4.98 Å². The molecule has 1 N–H and O–H groups in total. The first kappa shape index (κ1) is 13.2. The first-order valence-corrected chi connectivity index (χ1v) is 7.10. The minimum Gasteiger partial charge on any atom is -0.338 e. The van der Waals surface area contributed by atoms with Crippen molar-refractivity contribution in [1.82, 2.24) is 20.4 Å². The van der Waals surface area contributed by atoms with Gasteiger partial charge in [-0.25, -0.2) is 0 Å². The van der Waals surface area contributed by atoms with E-state index in [4.69, 9.17) is 4.52 Å². The Labute approximate surface area is 118 Å². The van der Waals surface area contributed by atoms with E-state index in [-0.39, 0.29) is 5.41 Å². The number of pyridine rings is 1. The summed E-state index contributed by atoms with van der Waals surface area (Å²) < 4.78 is 5.57. The molecule has 2 aromatic rings. The molecule has 1 unspecified atom stereocenters. The molecule has 0 amide bonds. The zero-order valence-corrected chi connectivity index (χ0v) is 12.2. The highest BCUT2D eigenvalue weighted by atomic mass is 16.5. The SMILES string of the molecule is Cc1ccnc(-c2noc(C3(C(C)C)CCNC3)n2)c1. The van der Waals surface area contributed by atoms with Gasteiger partial charge in [0.05, 0.1) is 5.41 Å². The number of hydrogen-bond donors (Lipinski definition) is 1. The molecule has 1 saturated heterocycles. The highest BCUT2D eigenvalue weighted by Crippen LogP contribution is 2.37. The fourth-order valence-electron chi connectivity index (χ4n) is 2.82. The maximum atomic E-state index is 5.57. The standard InChI is InChI=1S/C15H20N4O/c1-10(2)15(5-7-16-9-15)14-18-13(19-20-14)12-8-11(3)4-6-17-12/h4,6,8,10,16H,5,7,9H2,1-3H3. The topological polar surface area (TPSA) is 63.8 Å². The highest BCUT2D eigenvalue weighted by molar-refractivity contribution is 5.49. The summed E-state index contributed by atoms with van der Waals surface area (Å²) in [6.07, 6.45) is 2.81. The van der Waals surface area contributed by atoms with Gasteiger partial charge in [0, 0.05) is 12.7 Å². The van der Waals surface area contributed by atoms with E-state index in [1.54, 1.807) is 6.20 Å². The molecule has 3 heterocycles. The molecule has 0 bridgehead atoms. The average molecular weight is 272 g/mol. The first-order valence-electron chi connectivity index (χ1n) is 7.10. The Bertz CT molecular complexity index is 599. The van der Waals surface area contributed by atoms with E-state index in [0.717, 1.165) is 36.7 Å². The maximum Gasteiger partial charge on any atom is 0.234 e. The van der Waals surface area contributed by atoms with Crippen molar-refractivity contribution in [3.63, 3.8) is 0 Å². The second-order valence-corrected chi connectivity index (χ2v) is 5.88. The number of aryl methyl sites for hydroxylation is 1. The zero-order valence-electron chi connectivity index (χ0n) is 12.2. The molecule has 20 heavy (non-hydrogen) atoms. The molecular weight excluding hydrogens is 252 g/mol. The Kier molecular flexibility index (Phi) is 3.30. The van der Waals surface area contributed by atoms with E-state index in [0.29, 0.717) is 11.7 Å². The van der Waals surface area contributed by atoms with Crippen molar-refractivity contribution in [2.24, 2.45) is 5.92 Å². The van der Waals surface area contributed by atoms with Crippen molar-refractivity contribution in [2.45, 2.75) is 32.6 Å². The predicted molar refractivity (Wildman–Crippen MR) is 76.3 cm³/mol. The summed E-state index contributed by atoms with van der Waals surface area (Å²) in [6, 6.07) is 3.94. The molecule has 5 nitrogen and oxygen atoms in total. The van der Waals surface area contributed by atoms with Gasteiger partial charge >= 0.3 is 0 Å². The molecule has 1 aliphatic heterocycles. The second kappa shape index (κ2) is 4.98. The molecule has 2 aromatic heterocycles. The van der Waals surface area contributed by atoms with E-state index in [1.165, 1.54) is 0 Å². The Morgan fingerprint density at radius 2 is 2.25 bits per heavy atom. The summed E-state index contributed by atoms with van der Waals surface area (Å²) in [6.45, 7) is 8.35. The number of nitrogens with one attached hydrogen (secondary N) is 1. The first-order chi connectivity index (χ1) is 9.62. The van der Waals surface area contributed by atoms with E-state index >= 15 is 0 Å². The van der Waals surface area contributed by atoms with Crippen LogP contribution in [0.4, 0.5) is 0 Å². The van der Waals surface area contributed by atoms with Crippen LogP contribution in [0.3, 0.4) is 0 Å². The van der Waals surface area contributed by atoms with Gasteiger partial charge in [0.25, 0.3) is 0 Å². The van der Waals surface area contributed by atoms with Crippen LogP contribution >= 0.6 is 0 Å². The van der Waals surface area contributed by atoms with Gasteiger partial charge in [-0.05, 0) is 43.5 Å². The van der Waals surface area contributed by atoms with Crippen LogP contribution in [0, 0.1) is 12.8 Å². The summed E-state index contributed by atoms with van der Waals surface area (Å²) in [5.41, 5.74) is 1.86. The van der Waals surface area contributed by atoms with E-state index < -0.39 is 0 Å². The zero-order chi connectivity index (χ0) is 14.2. The van der Waals surface area contributed by atoms with Crippen LogP contribution in [-0.4, -0.2) is 28.2 Å². The van der Waals surface area contributed by atoms with Crippen molar-refractivity contribution in [3.8, 4) is 11.5 Å². The van der Waals surface area contributed by atoms with Crippen molar-refractivity contribution in [2.75, 3.05) is 13.1 Å². The third kappa shape index (κ3) is 2.12. The van der Waals surface area contributed by atoms with Gasteiger partial charge in [0.2, 0.25) is 11.7 Å². The van der Waals surface area contributed by atoms with Gasteiger partial charge in [-0.15, -0.1) is 0 Å². The molecule has 106 valence electrons. The molecular formula is C15H20N4O. The van der Waals surface area contributed by atoms with Crippen LogP contribution in [-0.2, 0) is 5.41 Å². The van der Waals surface area contributed by atoms with Crippen molar-refractivity contribution >= 4 is 0 Å². The largest absolute Gasteiger partial charge is 0.338 e. The van der Waals surface area contributed by atoms with Crippen LogP contribution in [0.15, 0.2) is 22.9 Å². The van der Waals surface area contributed by atoms with Crippen molar-refractivity contribution in [1.29, 1.82) is 0 Å². The third-order valence-electron chi connectivity index (χ3n) is 4.29. The minimum atomic E-state index is -0.0466. The smallest absolute Gasteiger partial charge is 0.234 e. The molecule has 0 radical (unpaired) electrons. The lowest BCUT2D eigenvalue weighted by molar-refractivity contribution is 0.234. The van der Waals surface area contributed by atoms with Gasteiger partial charge in [-0.1, -0.05) is 19.0 Å². The summed E-state index contributed by atoms with van der Waals surface area (Å²) >= 11 is 0. The summed E-state index contributed by atoms with van der Waals surface area (Å²) in [5.74, 6) is 1.77. The molecule has 0 spiro atoms. The molecule has 3 rings (SSSR count). The van der Waals surface area contributed by atoms with E-state index in [2.05, 4.69) is 34.3 Å². The fourth-order valence-corrected chi connectivity index (χ4v) is 2.82. The lowest BCUT2D eigenvalue weighted by Crippen LogP contribution is -2.35. The third-order valence-corrected chi connectivity index (χ3v) is 4.29. The van der Waals surface area contributed by atoms with Gasteiger partial charge in [0.15, 0.2) is 0 Å². The molecule has 0 aliphatic carbocycles. The molecule has 1 fully saturated rings. The molecule has 1 atom stereocenters.